The molecule has 0 spiro atoms. The maximum absolute atomic E-state index is 12.0. The summed E-state index contributed by atoms with van der Waals surface area (Å²) in [6, 6.07) is 11.8. The van der Waals surface area contributed by atoms with E-state index in [0.717, 1.165) is 55.7 Å². The van der Waals surface area contributed by atoms with Crippen molar-refractivity contribution < 1.29 is 9.84 Å². The lowest BCUT2D eigenvalue weighted by Crippen LogP contribution is -2.54. The van der Waals surface area contributed by atoms with Crippen LogP contribution in [0.3, 0.4) is 0 Å². The van der Waals surface area contributed by atoms with E-state index in [1.165, 1.54) is 15.7 Å². The number of phenolic OH excluding ortho intramolecular Hbond substituents is 1. The van der Waals surface area contributed by atoms with Crippen LogP contribution < -0.4 is 10.9 Å². The Bertz CT molecular complexity index is 1330. The van der Waals surface area contributed by atoms with Crippen LogP contribution in [0.2, 0.25) is 0 Å². The van der Waals surface area contributed by atoms with Crippen LogP contribution in [0, 0.1) is 5.92 Å². The molecule has 174 valence electrons. The van der Waals surface area contributed by atoms with E-state index in [0.29, 0.717) is 29.3 Å². The number of allylic oxidation sites excluding steroid dienone is 2. The number of aromatic nitrogens is 3. The number of pyridine rings is 1. The van der Waals surface area contributed by atoms with Crippen molar-refractivity contribution in [2.75, 3.05) is 13.2 Å². The highest BCUT2D eigenvalue weighted by Crippen LogP contribution is 2.39. The van der Waals surface area contributed by atoms with Gasteiger partial charge in [-0.25, -0.2) is 0 Å². The van der Waals surface area contributed by atoms with Crippen LogP contribution in [0.15, 0.2) is 53.5 Å². The van der Waals surface area contributed by atoms with E-state index >= 15 is 0 Å². The Morgan fingerprint density at radius 1 is 1.06 bits per heavy atom. The van der Waals surface area contributed by atoms with E-state index in [1.54, 1.807) is 25.4 Å². The lowest BCUT2D eigenvalue weighted by molar-refractivity contribution is 0.0154. The fourth-order valence-corrected chi connectivity index (χ4v) is 5.58. The molecule has 1 aromatic carbocycles. The molecule has 4 heterocycles. The zero-order valence-corrected chi connectivity index (χ0v) is 19.2. The molecule has 2 bridgehead atoms. The van der Waals surface area contributed by atoms with Crippen LogP contribution in [-0.2, 0) is 18.2 Å². The standard InChI is InChI=1S/C27H28N4O3/c1-31-8-7-17(13-26(31)33)16-5-6-23(25(32)12-16)24-11-18-3-2-4-22(27(18)30-29-24)19-9-20-14-34-15-21(10-19)28-20/h4-8,11-13,19-21,28,32H,2-3,9-10,14-15H2,1H3/t19-,20+,21-. The number of morpholine rings is 1. The molecule has 1 aliphatic carbocycles. The number of nitrogens with one attached hydrogen (secondary N) is 1. The fourth-order valence-electron chi connectivity index (χ4n) is 5.58. The van der Waals surface area contributed by atoms with Gasteiger partial charge in [-0.2, -0.15) is 0 Å². The van der Waals surface area contributed by atoms with Crippen LogP contribution in [0.4, 0.5) is 0 Å². The molecule has 0 amide bonds. The molecule has 2 saturated heterocycles. The minimum Gasteiger partial charge on any atom is -0.507 e. The number of rotatable bonds is 3. The van der Waals surface area contributed by atoms with Crippen molar-refractivity contribution in [3.8, 4) is 28.1 Å². The fraction of sp³-hybridized carbons (Fsp3) is 0.370. The van der Waals surface area contributed by atoms with E-state index in [-0.39, 0.29) is 11.3 Å². The van der Waals surface area contributed by atoms with Crippen LogP contribution in [0.25, 0.3) is 28.0 Å². The monoisotopic (exact) mass is 456 g/mol. The number of nitrogens with zero attached hydrogens (tertiary/aromatic N) is 3. The lowest BCUT2D eigenvalue weighted by atomic mass is 9.77. The molecule has 0 radical (unpaired) electrons. The molecule has 7 nitrogen and oxygen atoms in total. The van der Waals surface area contributed by atoms with Crippen LogP contribution in [-0.4, -0.2) is 45.2 Å². The summed E-state index contributed by atoms with van der Waals surface area (Å²) in [6.07, 6.45) is 8.13. The highest BCUT2D eigenvalue weighted by Gasteiger charge is 2.35. The number of piperidine rings is 1. The van der Waals surface area contributed by atoms with Crippen molar-refractivity contribution in [1.29, 1.82) is 0 Å². The zero-order valence-electron chi connectivity index (χ0n) is 19.2. The number of aromatic hydroxyl groups is 1. The molecule has 2 aliphatic heterocycles. The second-order valence-electron chi connectivity index (χ2n) is 9.66. The smallest absolute Gasteiger partial charge is 0.250 e. The lowest BCUT2D eigenvalue weighted by Gasteiger charge is -2.41. The van der Waals surface area contributed by atoms with Gasteiger partial charge in [0.25, 0.3) is 5.56 Å². The van der Waals surface area contributed by atoms with E-state index in [2.05, 4.69) is 27.7 Å². The number of phenols is 1. The Morgan fingerprint density at radius 2 is 1.85 bits per heavy atom. The first kappa shape index (κ1) is 21.3. The SMILES string of the molecule is Cn1ccc(-c2ccc(-c3cc4c(nn3)C([C@@H]3C[C@H]5COC[C@@H](C3)N5)=CCC4)c(O)c2)cc1=O. The quantitative estimate of drug-likeness (QED) is 0.629. The van der Waals surface area contributed by atoms with Crippen molar-refractivity contribution in [3.63, 3.8) is 0 Å². The summed E-state index contributed by atoms with van der Waals surface area (Å²) in [5.74, 6) is 0.607. The second-order valence-corrected chi connectivity index (χ2v) is 9.66. The number of hydrogen-bond donors (Lipinski definition) is 2. The van der Waals surface area contributed by atoms with Gasteiger partial charge in [-0.05, 0) is 78.1 Å². The first-order valence-corrected chi connectivity index (χ1v) is 12.0. The Hall–Kier alpha value is -3.29. The molecule has 3 aromatic rings. The molecule has 6 rings (SSSR count). The second kappa shape index (κ2) is 8.49. The Balaban J connectivity index is 1.29. The third-order valence-electron chi connectivity index (χ3n) is 7.32. The maximum atomic E-state index is 12.0. The predicted molar refractivity (Wildman–Crippen MR) is 130 cm³/mol. The largest absolute Gasteiger partial charge is 0.507 e. The minimum absolute atomic E-state index is 0.0876. The van der Waals surface area contributed by atoms with Gasteiger partial charge in [0.15, 0.2) is 0 Å². The molecule has 3 atom stereocenters. The van der Waals surface area contributed by atoms with Gasteiger partial charge in [-0.3, -0.25) is 4.79 Å². The average molecular weight is 457 g/mol. The van der Waals surface area contributed by atoms with Crippen LogP contribution in [0.5, 0.6) is 5.75 Å². The van der Waals surface area contributed by atoms with Crippen molar-refractivity contribution in [1.82, 2.24) is 20.1 Å². The molecule has 2 fully saturated rings. The molecule has 0 unspecified atom stereocenters. The van der Waals surface area contributed by atoms with Crippen molar-refractivity contribution in [2.45, 2.75) is 37.8 Å². The molecule has 2 aromatic heterocycles. The molecule has 0 saturated carbocycles. The van der Waals surface area contributed by atoms with Crippen LogP contribution >= 0.6 is 0 Å². The summed E-state index contributed by atoms with van der Waals surface area (Å²) < 4.78 is 7.24. The number of ether oxygens (including phenoxy) is 1. The van der Waals surface area contributed by atoms with E-state index in [4.69, 9.17) is 4.74 Å². The first-order chi connectivity index (χ1) is 16.5. The average Bonchev–Trinajstić information content (AvgIpc) is 2.84. The Labute approximate surface area is 198 Å². The van der Waals surface area contributed by atoms with Gasteiger partial charge >= 0.3 is 0 Å². The number of hydrogen-bond acceptors (Lipinski definition) is 6. The highest BCUT2D eigenvalue weighted by atomic mass is 16.5. The number of aryl methyl sites for hydroxylation is 2. The Kier molecular flexibility index (Phi) is 5.31. The zero-order chi connectivity index (χ0) is 23.2. The maximum Gasteiger partial charge on any atom is 0.250 e. The van der Waals surface area contributed by atoms with Crippen molar-refractivity contribution in [3.05, 3.63) is 70.3 Å². The number of fused-ring (bicyclic) bond motifs is 3. The van der Waals surface area contributed by atoms with Gasteiger partial charge in [-0.1, -0.05) is 12.1 Å². The van der Waals surface area contributed by atoms with E-state index in [1.807, 2.05) is 18.2 Å². The normalized spacial score (nSPS) is 23.8. The summed E-state index contributed by atoms with van der Waals surface area (Å²) in [4.78, 5) is 12.0. The van der Waals surface area contributed by atoms with Gasteiger partial charge in [0.05, 0.1) is 24.6 Å². The molecule has 34 heavy (non-hydrogen) atoms. The summed E-state index contributed by atoms with van der Waals surface area (Å²) in [5.41, 5.74) is 6.31. The summed E-state index contributed by atoms with van der Waals surface area (Å²) in [7, 11) is 1.72. The first-order valence-electron chi connectivity index (χ1n) is 12.0. The van der Waals surface area contributed by atoms with E-state index < -0.39 is 0 Å². The minimum atomic E-state index is -0.0876. The van der Waals surface area contributed by atoms with Gasteiger partial charge in [0, 0.05) is 37.0 Å². The molecule has 3 aliphatic rings. The Morgan fingerprint density at radius 3 is 2.62 bits per heavy atom. The van der Waals surface area contributed by atoms with Gasteiger partial charge in [0.2, 0.25) is 0 Å². The van der Waals surface area contributed by atoms with Gasteiger partial charge < -0.3 is 19.7 Å². The molecular weight excluding hydrogens is 428 g/mol. The highest BCUT2D eigenvalue weighted by molar-refractivity contribution is 5.76. The van der Waals surface area contributed by atoms with E-state index in [9.17, 15) is 9.90 Å². The molecule has 2 N–H and O–H groups in total. The predicted octanol–water partition coefficient (Wildman–Crippen LogP) is 3.31. The van der Waals surface area contributed by atoms with Crippen molar-refractivity contribution in [2.24, 2.45) is 13.0 Å². The summed E-state index contributed by atoms with van der Waals surface area (Å²) >= 11 is 0. The summed E-state index contributed by atoms with van der Waals surface area (Å²) in [6.45, 7) is 1.56. The van der Waals surface area contributed by atoms with Gasteiger partial charge in [-0.15, -0.1) is 10.2 Å². The number of benzene rings is 1. The third kappa shape index (κ3) is 3.85. The molecular formula is C27H28N4O3. The third-order valence-corrected chi connectivity index (χ3v) is 7.32. The van der Waals surface area contributed by atoms with Gasteiger partial charge in [0.1, 0.15) is 5.75 Å². The topological polar surface area (TPSA) is 89.3 Å². The van der Waals surface area contributed by atoms with Crippen molar-refractivity contribution >= 4 is 5.57 Å². The summed E-state index contributed by atoms with van der Waals surface area (Å²) in [5, 5.41) is 23.7. The van der Waals surface area contributed by atoms with Crippen LogP contribution in [0.1, 0.15) is 30.5 Å². The molecule has 7 heteroatoms.